The summed E-state index contributed by atoms with van der Waals surface area (Å²) in [7, 11) is 3.39. The van der Waals surface area contributed by atoms with Gasteiger partial charge in [-0.2, -0.15) is 5.10 Å². The summed E-state index contributed by atoms with van der Waals surface area (Å²) in [5.74, 6) is -0.749. The van der Waals surface area contributed by atoms with Crippen LogP contribution in [0.25, 0.3) is 16.8 Å². The number of amides is 3. The number of anilines is 1. The number of carbonyl (C=O) groups is 3. The fourth-order valence-corrected chi connectivity index (χ4v) is 6.33. The number of fused-ring (bicyclic) bond motifs is 6. The zero-order valence-electron chi connectivity index (χ0n) is 27.8. The van der Waals surface area contributed by atoms with Gasteiger partial charge in [0.2, 0.25) is 11.8 Å². The van der Waals surface area contributed by atoms with Crippen LogP contribution in [0.1, 0.15) is 22.3 Å². The van der Waals surface area contributed by atoms with E-state index in [1.165, 1.54) is 45.1 Å². The van der Waals surface area contributed by atoms with Gasteiger partial charge < -0.3 is 25.6 Å². The Bertz CT molecular complexity index is 1930. The van der Waals surface area contributed by atoms with E-state index in [1.54, 1.807) is 20.3 Å². The molecule has 4 aromatic rings. The van der Waals surface area contributed by atoms with Crippen LogP contribution in [0.15, 0.2) is 78.0 Å². The van der Waals surface area contributed by atoms with Crippen LogP contribution < -0.4 is 15.8 Å². The Labute approximate surface area is 294 Å². The summed E-state index contributed by atoms with van der Waals surface area (Å²) in [6.07, 6.45) is 4.40. The van der Waals surface area contributed by atoms with E-state index in [1.807, 2.05) is 47.4 Å². The third-order valence-electron chi connectivity index (χ3n) is 8.75. The van der Waals surface area contributed by atoms with Crippen molar-refractivity contribution in [1.82, 2.24) is 29.8 Å². The highest BCUT2D eigenvalue weighted by Crippen LogP contribution is 2.32. The minimum atomic E-state index is -0.839. The average molecular weight is 701 g/mol. The van der Waals surface area contributed by atoms with E-state index in [4.69, 9.17) is 22.1 Å². The van der Waals surface area contributed by atoms with Gasteiger partial charge in [-0.1, -0.05) is 35.9 Å². The van der Waals surface area contributed by atoms with Crippen molar-refractivity contribution in [1.29, 1.82) is 0 Å². The Kier molecular flexibility index (Phi) is 10.4. The van der Waals surface area contributed by atoms with E-state index in [0.29, 0.717) is 36.8 Å². The average Bonchev–Trinajstić information content (AvgIpc) is 3.74. The number of nitrogen functional groups attached to an aromatic ring is 1. The van der Waals surface area contributed by atoms with Crippen molar-refractivity contribution >= 4 is 41.2 Å². The monoisotopic (exact) mass is 700 g/mol. The number of nitrogens with two attached hydrogens (primary N) is 1. The topological polar surface area (TPSA) is 138 Å². The molecule has 3 N–H and O–H groups in total. The first-order chi connectivity index (χ1) is 24.1. The summed E-state index contributed by atoms with van der Waals surface area (Å²) in [6.45, 7) is 1.78. The van der Waals surface area contributed by atoms with Crippen LogP contribution in [0.3, 0.4) is 0 Å². The molecule has 0 aliphatic carbocycles. The van der Waals surface area contributed by atoms with Crippen LogP contribution in [0.5, 0.6) is 5.75 Å². The van der Waals surface area contributed by atoms with Crippen molar-refractivity contribution in [3.05, 3.63) is 95.0 Å². The van der Waals surface area contributed by atoms with Crippen LogP contribution in [0.2, 0.25) is 5.02 Å². The highest BCUT2D eigenvalue weighted by molar-refractivity contribution is 6.32. The Morgan fingerprint density at radius 1 is 1.12 bits per heavy atom. The maximum atomic E-state index is 14.0. The first-order valence-electron chi connectivity index (χ1n) is 16.2. The van der Waals surface area contributed by atoms with Gasteiger partial charge in [0.15, 0.2) is 0 Å². The number of ether oxygens (including phenoxy) is 1. The van der Waals surface area contributed by atoms with Gasteiger partial charge in [0.05, 0.1) is 42.1 Å². The summed E-state index contributed by atoms with van der Waals surface area (Å²) in [4.78, 5) is 49.9. The number of hydrogen-bond acceptors (Lipinski definition) is 8. The molecular formula is C36H38ClFN8O4. The summed E-state index contributed by atoms with van der Waals surface area (Å²) >= 11 is 6.24. The van der Waals surface area contributed by atoms with Crippen molar-refractivity contribution in [3.8, 4) is 22.6 Å². The van der Waals surface area contributed by atoms with E-state index in [9.17, 15) is 18.8 Å². The van der Waals surface area contributed by atoms with Crippen LogP contribution in [0.4, 0.5) is 10.1 Å². The van der Waals surface area contributed by atoms with Crippen molar-refractivity contribution in [2.75, 3.05) is 59.1 Å². The number of rotatable bonds is 4. The quantitative estimate of drug-likeness (QED) is 0.311. The van der Waals surface area contributed by atoms with Gasteiger partial charge in [-0.25, -0.2) is 9.07 Å². The highest BCUT2D eigenvalue weighted by atomic mass is 35.5. The van der Waals surface area contributed by atoms with E-state index in [0.717, 1.165) is 16.7 Å². The molecule has 1 fully saturated rings. The number of halogens is 2. The number of nitrogens with zero attached hydrogens (tertiary/aromatic N) is 6. The Morgan fingerprint density at radius 2 is 1.94 bits per heavy atom. The summed E-state index contributed by atoms with van der Waals surface area (Å²) in [5.41, 5.74) is 10.1. The number of likely N-dealkylation sites (N-methyl/N-ethyl adjacent to an activating group) is 1. The zero-order chi connectivity index (χ0) is 35.4. The number of likely N-dealkylation sites (tertiary alicyclic amines) is 1. The van der Waals surface area contributed by atoms with Gasteiger partial charge in [-0.05, 0) is 47.5 Å². The maximum absolute atomic E-state index is 14.0. The van der Waals surface area contributed by atoms with E-state index in [2.05, 4.69) is 15.4 Å². The molecule has 12 nitrogen and oxygen atoms in total. The number of carbonyl (C=O) groups excluding carboxylic acids is 3. The molecule has 1 aromatic heterocycles. The lowest BCUT2D eigenvalue weighted by Crippen LogP contribution is -2.48. The molecule has 3 aromatic carbocycles. The predicted molar refractivity (Wildman–Crippen MR) is 189 cm³/mol. The molecule has 2 unspecified atom stereocenters. The molecule has 0 radical (unpaired) electrons. The van der Waals surface area contributed by atoms with Crippen molar-refractivity contribution in [3.63, 3.8) is 0 Å². The summed E-state index contributed by atoms with van der Waals surface area (Å²) < 4.78 is 21.5. The Balaban J connectivity index is 1.31. The van der Waals surface area contributed by atoms with Gasteiger partial charge in [-0.15, -0.1) is 0 Å². The van der Waals surface area contributed by atoms with Gasteiger partial charge in [0.1, 0.15) is 23.7 Å². The molecule has 3 heterocycles. The van der Waals surface area contributed by atoms with Gasteiger partial charge in [0.25, 0.3) is 5.91 Å². The largest absolute Gasteiger partial charge is 0.488 e. The second-order valence-electron chi connectivity index (χ2n) is 12.4. The molecule has 260 valence electrons. The molecule has 2 atom stereocenters. The Hall–Kier alpha value is -5.27. The molecule has 0 spiro atoms. The molecule has 2 aliphatic rings. The standard InChI is InChI=1S/C36H38ClFN8O4/c1-43(2)34(47)22-44-13-11-40-19-29-28(7-4-8-31(29)39)23-5-3-6-26(15-23)50-27-17-33(35(48)41-12-14-44)45(21-27)36(49)24-18-42-46(20-24)32-10-9-25(38)16-30(32)37/h3-10,15-16,18-20,27,33H,11-14,17,21-22,39H2,1-2H3,(H,41,48). The Morgan fingerprint density at radius 3 is 2.74 bits per heavy atom. The first-order valence-corrected chi connectivity index (χ1v) is 16.6. The summed E-state index contributed by atoms with van der Waals surface area (Å²) in [5, 5.41) is 7.38. The molecule has 1 saturated heterocycles. The zero-order valence-corrected chi connectivity index (χ0v) is 28.5. The maximum Gasteiger partial charge on any atom is 0.257 e. The van der Waals surface area contributed by atoms with Gasteiger partial charge >= 0.3 is 0 Å². The highest BCUT2D eigenvalue weighted by Gasteiger charge is 2.41. The predicted octanol–water partition coefficient (Wildman–Crippen LogP) is 3.52. The molecule has 3 amide bonds. The molecule has 50 heavy (non-hydrogen) atoms. The summed E-state index contributed by atoms with van der Waals surface area (Å²) in [6, 6.07) is 16.3. The van der Waals surface area contributed by atoms with E-state index in [-0.39, 0.29) is 48.5 Å². The SMILES string of the molecule is CN(C)C(=O)CN1CCN=Cc2c(N)cccc2-c2cccc(c2)OC2CC(C(=O)NCC1)N(C(=O)c1cnn(-c3ccc(F)cc3Cl)c1)C2. The second kappa shape index (κ2) is 15.1. The van der Waals surface area contributed by atoms with Crippen LogP contribution in [-0.4, -0.2) is 114 Å². The fourth-order valence-electron chi connectivity index (χ4n) is 6.07. The lowest BCUT2D eigenvalue weighted by atomic mass is 9.98. The number of hydrogen-bond donors (Lipinski definition) is 2. The van der Waals surface area contributed by atoms with E-state index >= 15 is 0 Å². The van der Waals surface area contributed by atoms with E-state index < -0.39 is 23.9 Å². The number of aromatic nitrogens is 2. The molecule has 2 aliphatic heterocycles. The molecule has 0 saturated carbocycles. The number of aliphatic imine (C=N–C) groups is 1. The smallest absolute Gasteiger partial charge is 0.257 e. The normalized spacial score (nSPS) is 18.4. The van der Waals surface area contributed by atoms with Crippen molar-refractivity contribution in [2.24, 2.45) is 4.99 Å². The molecule has 6 rings (SSSR count). The molecule has 14 heteroatoms. The lowest BCUT2D eigenvalue weighted by molar-refractivity contribution is -0.129. The molecular weight excluding hydrogens is 663 g/mol. The van der Waals surface area contributed by atoms with Gasteiger partial charge in [-0.3, -0.25) is 24.3 Å². The second-order valence-corrected chi connectivity index (χ2v) is 12.9. The van der Waals surface area contributed by atoms with Crippen LogP contribution in [0, 0.1) is 5.82 Å². The van der Waals surface area contributed by atoms with Crippen molar-refractivity contribution < 1.29 is 23.5 Å². The number of benzene rings is 3. The van der Waals surface area contributed by atoms with Crippen LogP contribution >= 0.6 is 11.6 Å². The third-order valence-corrected chi connectivity index (χ3v) is 9.05. The minimum absolute atomic E-state index is 0.0769. The first kappa shape index (κ1) is 34.6. The number of nitrogens with one attached hydrogen (secondary N) is 1. The lowest BCUT2D eigenvalue weighted by Gasteiger charge is -2.25. The molecule has 4 bridgehead atoms. The van der Waals surface area contributed by atoms with Gasteiger partial charge in [0, 0.05) is 63.8 Å². The van der Waals surface area contributed by atoms with Crippen molar-refractivity contribution in [2.45, 2.75) is 18.6 Å². The minimum Gasteiger partial charge on any atom is -0.488 e. The van der Waals surface area contributed by atoms with Crippen LogP contribution in [-0.2, 0) is 9.59 Å². The third kappa shape index (κ3) is 7.79. The fraction of sp³-hybridized carbons (Fsp3) is 0.306.